The van der Waals surface area contributed by atoms with Gasteiger partial charge in [-0.25, -0.2) is 4.98 Å². The number of benzene rings is 2. The van der Waals surface area contributed by atoms with Crippen molar-refractivity contribution in [3.63, 3.8) is 0 Å². The van der Waals surface area contributed by atoms with E-state index in [4.69, 9.17) is 0 Å². The monoisotopic (exact) mass is 460 g/mol. The Morgan fingerprint density at radius 3 is 2.52 bits per heavy atom. The summed E-state index contributed by atoms with van der Waals surface area (Å²) in [5.74, 6) is -0.164. The third kappa shape index (κ3) is 6.58. The van der Waals surface area contributed by atoms with Gasteiger partial charge in [0, 0.05) is 24.8 Å². The number of halogens is 1. The molecule has 0 bridgehead atoms. The molecule has 0 unspecified atom stereocenters. The largest absolute Gasteiger partial charge is 0.309 e. The third-order valence-electron chi connectivity index (χ3n) is 4.54. The van der Waals surface area contributed by atoms with Crippen LogP contribution in [0.4, 0.5) is 10.8 Å². The summed E-state index contributed by atoms with van der Waals surface area (Å²) in [4.78, 5) is 31.8. The highest BCUT2D eigenvalue weighted by Gasteiger charge is 2.18. The standard InChI is InChI=1S/C22H24N4O3S.ClH/c1-16-5-11-19-20(15-16)30-22(23-19)25(14-4-13-24(2)3)21(27)12-8-17-6-9-18(10-7-17)26(28)29;/h5-12,15H,4,13-14H2,1-3H3;1H. The van der Waals surface area contributed by atoms with Crippen LogP contribution in [0.1, 0.15) is 17.5 Å². The van der Waals surface area contributed by atoms with Crippen molar-refractivity contribution in [3.8, 4) is 0 Å². The van der Waals surface area contributed by atoms with E-state index in [1.165, 1.54) is 29.5 Å². The zero-order valence-corrected chi connectivity index (χ0v) is 19.3. The van der Waals surface area contributed by atoms with Crippen molar-refractivity contribution in [2.75, 3.05) is 32.1 Å². The Balaban J connectivity index is 0.00000341. The molecule has 164 valence electrons. The van der Waals surface area contributed by atoms with Gasteiger partial charge in [-0.1, -0.05) is 17.4 Å². The van der Waals surface area contributed by atoms with Gasteiger partial charge in [-0.3, -0.25) is 19.8 Å². The molecule has 0 spiro atoms. The average Bonchev–Trinajstić information content (AvgIpc) is 3.12. The quantitative estimate of drug-likeness (QED) is 0.270. The molecule has 1 aromatic heterocycles. The molecule has 0 saturated carbocycles. The van der Waals surface area contributed by atoms with E-state index in [2.05, 4.69) is 16.0 Å². The second-order valence-electron chi connectivity index (χ2n) is 7.30. The molecular weight excluding hydrogens is 436 g/mol. The van der Waals surface area contributed by atoms with Crippen molar-refractivity contribution >= 4 is 56.8 Å². The zero-order valence-electron chi connectivity index (χ0n) is 17.6. The average molecular weight is 461 g/mol. The number of carbonyl (C=O) groups excluding carboxylic acids is 1. The van der Waals surface area contributed by atoms with Crippen molar-refractivity contribution in [3.05, 3.63) is 69.8 Å². The van der Waals surface area contributed by atoms with Crippen molar-refractivity contribution in [1.82, 2.24) is 9.88 Å². The number of nitro benzene ring substituents is 1. The molecule has 31 heavy (non-hydrogen) atoms. The van der Waals surface area contributed by atoms with Crippen LogP contribution in [-0.4, -0.2) is 47.9 Å². The minimum atomic E-state index is -0.444. The van der Waals surface area contributed by atoms with Gasteiger partial charge in [0.05, 0.1) is 15.1 Å². The maximum absolute atomic E-state index is 13.0. The zero-order chi connectivity index (χ0) is 21.7. The molecule has 0 atom stereocenters. The van der Waals surface area contributed by atoms with Crippen molar-refractivity contribution in [2.45, 2.75) is 13.3 Å². The summed E-state index contributed by atoms with van der Waals surface area (Å²) in [6, 6.07) is 12.2. The number of nitro groups is 1. The van der Waals surface area contributed by atoms with E-state index < -0.39 is 4.92 Å². The number of hydrogen-bond acceptors (Lipinski definition) is 6. The fourth-order valence-electron chi connectivity index (χ4n) is 2.94. The van der Waals surface area contributed by atoms with Gasteiger partial charge in [-0.15, -0.1) is 12.4 Å². The van der Waals surface area contributed by atoms with E-state index in [1.54, 1.807) is 23.1 Å². The molecular formula is C22H25ClN4O3S. The first kappa shape index (κ1) is 24.5. The number of hydrogen-bond donors (Lipinski definition) is 0. The number of carbonyl (C=O) groups is 1. The summed E-state index contributed by atoms with van der Waals surface area (Å²) in [5, 5.41) is 11.5. The Kier molecular flexibility index (Phi) is 8.67. The summed E-state index contributed by atoms with van der Waals surface area (Å²) < 4.78 is 1.05. The second kappa shape index (κ2) is 11.0. The SMILES string of the molecule is Cc1ccc2nc(N(CCCN(C)C)C(=O)C=Cc3ccc([N+](=O)[O-])cc3)sc2c1.Cl. The molecule has 0 fully saturated rings. The highest BCUT2D eigenvalue weighted by Crippen LogP contribution is 2.30. The second-order valence-corrected chi connectivity index (χ2v) is 8.31. The van der Waals surface area contributed by atoms with Crippen LogP contribution >= 0.6 is 23.7 Å². The topological polar surface area (TPSA) is 79.6 Å². The maximum Gasteiger partial charge on any atom is 0.269 e. The molecule has 2 aromatic carbocycles. The number of nitrogens with zero attached hydrogens (tertiary/aromatic N) is 4. The minimum Gasteiger partial charge on any atom is -0.309 e. The molecule has 1 heterocycles. The van der Waals surface area contributed by atoms with Gasteiger partial charge in [-0.2, -0.15) is 0 Å². The van der Waals surface area contributed by atoms with Crippen LogP contribution in [0.25, 0.3) is 16.3 Å². The van der Waals surface area contributed by atoms with Crippen molar-refractivity contribution in [1.29, 1.82) is 0 Å². The van der Waals surface area contributed by atoms with Crippen LogP contribution < -0.4 is 4.90 Å². The van der Waals surface area contributed by atoms with Crippen molar-refractivity contribution in [2.24, 2.45) is 0 Å². The van der Waals surface area contributed by atoms with Crippen molar-refractivity contribution < 1.29 is 9.72 Å². The number of fused-ring (bicyclic) bond motifs is 1. The Bertz CT molecular complexity index is 1080. The minimum absolute atomic E-state index is 0. The van der Waals surface area contributed by atoms with Crippen LogP contribution in [0.5, 0.6) is 0 Å². The lowest BCUT2D eigenvalue weighted by Crippen LogP contribution is -2.32. The van der Waals surface area contributed by atoms with Gasteiger partial charge in [0.2, 0.25) is 0 Å². The Labute approximate surface area is 191 Å². The number of anilines is 1. The molecule has 3 aromatic rings. The van der Waals surface area contributed by atoms with Gasteiger partial charge in [-0.05, 0) is 75.5 Å². The summed E-state index contributed by atoms with van der Waals surface area (Å²) in [6.45, 7) is 3.45. The molecule has 0 radical (unpaired) electrons. The molecule has 0 aliphatic rings. The highest BCUT2D eigenvalue weighted by molar-refractivity contribution is 7.22. The number of rotatable bonds is 8. The Morgan fingerprint density at radius 2 is 1.87 bits per heavy atom. The van der Waals surface area contributed by atoms with Gasteiger partial charge in [0.1, 0.15) is 0 Å². The number of amides is 1. The Hall–Kier alpha value is -2.81. The Morgan fingerprint density at radius 1 is 1.16 bits per heavy atom. The van der Waals surface area contributed by atoms with E-state index in [9.17, 15) is 14.9 Å². The summed E-state index contributed by atoms with van der Waals surface area (Å²) in [7, 11) is 4.00. The maximum atomic E-state index is 13.0. The van der Waals surface area contributed by atoms with E-state index in [-0.39, 0.29) is 24.0 Å². The number of thiazole rings is 1. The van der Waals surface area contributed by atoms with Crippen LogP contribution in [0.2, 0.25) is 0 Å². The molecule has 0 N–H and O–H groups in total. The fourth-order valence-corrected chi connectivity index (χ4v) is 4.04. The number of non-ortho nitro benzene ring substituents is 1. The predicted octanol–water partition coefficient (Wildman–Crippen LogP) is 4.93. The number of aryl methyl sites for hydroxylation is 1. The lowest BCUT2D eigenvalue weighted by atomic mass is 10.2. The first-order chi connectivity index (χ1) is 14.3. The molecule has 9 heteroatoms. The van der Waals surface area contributed by atoms with Crippen LogP contribution in [0, 0.1) is 17.0 Å². The van der Waals surface area contributed by atoms with Gasteiger partial charge < -0.3 is 4.90 Å². The van der Waals surface area contributed by atoms with Crippen LogP contribution in [0.15, 0.2) is 48.5 Å². The summed E-state index contributed by atoms with van der Waals surface area (Å²) >= 11 is 1.51. The van der Waals surface area contributed by atoms with Gasteiger partial charge in [0.15, 0.2) is 5.13 Å². The van der Waals surface area contributed by atoms with E-state index in [1.807, 2.05) is 33.2 Å². The summed E-state index contributed by atoms with van der Waals surface area (Å²) in [6.07, 6.45) is 3.98. The van der Waals surface area contributed by atoms with E-state index in [0.717, 1.165) is 34.3 Å². The lowest BCUT2D eigenvalue weighted by molar-refractivity contribution is -0.384. The van der Waals surface area contributed by atoms with Gasteiger partial charge in [0.25, 0.3) is 11.6 Å². The van der Waals surface area contributed by atoms with E-state index in [0.29, 0.717) is 11.7 Å². The van der Waals surface area contributed by atoms with Crippen LogP contribution in [0.3, 0.4) is 0 Å². The molecule has 3 rings (SSSR count). The molecule has 0 saturated heterocycles. The number of aromatic nitrogens is 1. The molecule has 7 nitrogen and oxygen atoms in total. The predicted molar refractivity (Wildman–Crippen MR) is 129 cm³/mol. The molecule has 1 amide bonds. The molecule has 0 aliphatic heterocycles. The highest BCUT2D eigenvalue weighted by atomic mass is 35.5. The van der Waals surface area contributed by atoms with Crippen LogP contribution in [-0.2, 0) is 4.79 Å². The smallest absolute Gasteiger partial charge is 0.269 e. The normalized spacial score (nSPS) is 11.1. The van der Waals surface area contributed by atoms with E-state index >= 15 is 0 Å². The lowest BCUT2D eigenvalue weighted by Gasteiger charge is -2.19. The third-order valence-corrected chi connectivity index (χ3v) is 5.58. The summed E-state index contributed by atoms with van der Waals surface area (Å²) in [5.41, 5.74) is 2.78. The first-order valence-corrected chi connectivity index (χ1v) is 10.4. The first-order valence-electron chi connectivity index (χ1n) is 9.59. The molecule has 0 aliphatic carbocycles. The van der Waals surface area contributed by atoms with Gasteiger partial charge >= 0.3 is 0 Å². The fraction of sp³-hybridized carbons (Fsp3) is 0.273.